The van der Waals surface area contributed by atoms with Crippen LogP contribution in [-0.2, 0) is 9.47 Å². The van der Waals surface area contributed by atoms with Crippen molar-refractivity contribution < 1.29 is 18.3 Å². The molecule has 2 unspecified atom stereocenters. The molecule has 0 saturated heterocycles. The molecule has 20 heavy (non-hydrogen) atoms. The zero-order valence-corrected chi connectivity index (χ0v) is 13.3. The molecule has 0 aromatic rings. The molecule has 0 aromatic heterocycles. The molecule has 0 N–H and O–H groups in total. The second-order valence-electron chi connectivity index (χ2n) is 8.07. The van der Waals surface area contributed by atoms with E-state index in [4.69, 9.17) is 9.47 Å². The van der Waals surface area contributed by atoms with Crippen LogP contribution in [0.15, 0.2) is 0 Å². The minimum Gasteiger partial charge on any atom is -0.372 e. The van der Waals surface area contributed by atoms with Gasteiger partial charge in [-0.05, 0) is 59.8 Å². The highest BCUT2D eigenvalue weighted by Crippen LogP contribution is 2.44. The van der Waals surface area contributed by atoms with Crippen molar-refractivity contribution in [3.05, 3.63) is 0 Å². The van der Waals surface area contributed by atoms with Crippen LogP contribution >= 0.6 is 0 Å². The first-order valence-corrected chi connectivity index (χ1v) is 7.69. The van der Waals surface area contributed by atoms with Gasteiger partial charge in [0, 0.05) is 12.8 Å². The van der Waals surface area contributed by atoms with Crippen LogP contribution in [0.4, 0.5) is 8.78 Å². The quantitative estimate of drug-likeness (QED) is 0.739. The minimum absolute atomic E-state index is 0.121. The van der Waals surface area contributed by atoms with E-state index in [1.165, 1.54) is 0 Å². The Balaban J connectivity index is 1.77. The normalized spacial score (nSPS) is 30.8. The van der Waals surface area contributed by atoms with Crippen LogP contribution in [0.25, 0.3) is 0 Å². The average Bonchev–Trinajstić information content (AvgIpc) is 2.17. The maximum Gasteiger partial charge on any atom is 0.253 e. The van der Waals surface area contributed by atoms with Gasteiger partial charge < -0.3 is 9.47 Å². The van der Waals surface area contributed by atoms with E-state index in [-0.39, 0.29) is 30.1 Å². The van der Waals surface area contributed by atoms with E-state index in [1.807, 2.05) is 13.8 Å². The summed E-state index contributed by atoms with van der Waals surface area (Å²) in [4.78, 5) is 0. The first-order valence-electron chi connectivity index (χ1n) is 7.69. The third kappa shape index (κ3) is 4.39. The first-order chi connectivity index (χ1) is 8.96. The van der Waals surface area contributed by atoms with Gasteiger partial charge in [0.15, 0.2) is 0 Å². The van der Waals surface area contributed by atoms with Crippen molar-refractivity contribution in [2.45, 2.75) is 96.1 Å². The molecule has 2 fully saturated rings. The number of hydrogen-bond donors (Lipinski definition) is 0. The smallest absolute Gasteiger partial charge is 0.253 e. The van der Waals surface area contributed by atoms with Gasteiger partial charge in [-0.25, -0.2) is 8.78 Å². The number of halogens is 2. The van der Waals surface area contributed by atoms with Crippen molar-refractivity contribution in [2.75, 3.05) is 0 Å². The number of rotatable bonds is 5. The van der Waals surface area contributed by atoms with Crippen LogP contribution in [0.2, 0.25) is 0 Å². The maximum absolute atomic E-state index is 12.9. The number of alkyl halides is 2. The van der Waals surface area contributed by atoms with E-state index in [0.717, 1.165) is 19.3 Å². The maximum atomic E-state index is 12.9. The van der Waals surface area contributed by atoms with Gasteiger partial charge in [0.05, 0.1) is 23.4 Å². The monoisotopic (exact) mass is 290 g/mol. The molecule has 118 valence electrons. The highest BCUT2D eigenvalue weighted by Gasteiger charge is 2.48. The van der Waals surface area contributed by atoms with Crippen LogP contribution in [0.3, 0.4) is 0 Å². The standard InChI is InChI=1S/C16H28F2O2/c1-14(2,3)20-13-7-6-11(13)8-15(4,5)19-12-9-16(17,18)10-12/h11-13H,6-10H2,1-5H3. The number of hydrogen-bond acceptors (Lipinski definition) is 2. The molecule has 0 amide bonds. The lowest BCUT2D eigenvalue weighted by Crippen LogP contribution is -2.48. The molecule has 0 aromatic carbocycles. The van der Waals surface area contributed by atoms with Gasteiger partial charge in [-0.3, -0.25) is 0 Å². The fourth-order valence-corrected chi connectivity index (χ4v) is 3.20. The Labute approximate surface area is 121 Å². The Hall–Kier alpha value is -0.220. The zero-order valence-electron chi connectivity index (χ0n) is 13.3. The molecular weight excluding hydrogens is 262 g/mol. The predicted molar refractivity (Wildman–Crippen MR) is 75.1 cm³/mol. The Morgan fingerprint density at radius 2 is 1.60 bits per heavy atom. The lowest BCUT2D eigenvalue weighted by atomic mass is 9.75. The summed E-state index contributed by atoms with van der Waals surface area (Å²) in [6, 6.07) is 0. The highest BCUT2D eigenvalue weighted by molar-refractivity contribution is 4.92. The van der Waals surface area contributed by atoms with Crippen molar-refractivity contribution in [3.63, 3.8) is 0 Å². The summed E-state index contributed by atoms with van der Waals surface area (Å²) in [7, 11) is 0. The lowest BCUT2D eigenvalue weighted by Gasteiger charge is -2.46. The molecular formula is C16H28F2O2. The summed E-state index contributed by atoms with van der Waals surface area (Å²) in [6.07, 6.45) is 2.90. The van der Waals surface area contributed by atoms with Gasteiger partial charge in [0.25, 0.3) is 5.92 Å². The lowest BCUT2D eigenvalue weighted by molar-refractivity contribution is -0.213. The van der Waals surface area contributed by atoms with Crippen LogP contribution < -0.4 is 0 Å². The SMILES string of the molecule is CC(C)(C)OC1CCC1CC(C)(C)OC1CC(F)(F)C1. The van der Waals surface area contributed by atoms with Crippen molar-refractivity contribution >= 4 is 0 Å². The van der Waals surface area contributed by atoms with Crippen molar-refractivity contribution in [1.29, 1.82) is 0 Å². The third-order valence-corrected chi connectivity index (χ3v) is 4.14. The highest BCUT2D eigenvalue weighted by atomic mass is 19.3. The van der Waals surface area contributed by atoms with Gasteiger partial charge >= 0.3 is 0 Å². The molecule has 0 heterocycles. The predicted octanol–water partition coefficient (Wildman–Crippen LogP) is 4.56. The summed E-state index contributed by atoms with van der Waals surface area (Å²) >= 11 is 0. The topological polar surface area (TPSA) is 18.5 Å². The largest absolute Gasteiger partial charge is 0.372 e. The summed E-state index contributed by atoms with van der Waals surface area (Å²) in [5.41, 5.74) is -0.462. The summed E-state index contributed by atoms with van der Waals surface area (Å²) < 4.78 is 37.6. The van der Waals surface area contributed by atoms with Crippen LogP contribution in [0.1, 0.15) is 66.7 Å². The van der Waals surface area contributed by atoms with E-state index in [9.17, 15) is 8.78 Å². The second kappa shape index (κ2) is 5.20. The van der Waals surface area contributed by atoms with E-state index in [1.54, 1.807) is 0 Å². The number of ether oxygens (including phenoxy) is 2. The first kappa shape index (κ1) is 16.2. The molecule has 0 aliphatic heterocycles. The van der Waals surface area contributed by atoms with Gasteiger partial charge in [0.1, 0.15) is 0 Å². The van der Waals surface area contributed by atoms with E-state index < -0.39 is 5.92 Å². The summed E-state index contributed by atoms with van der Waals surface area (Å²) in [6.45, 7) is 10.2. The second-order valence-corrected chi connectivity index (χ2v) is 8.07. The molecule has 2 atom stereocenters. The Morgan fingerprint density at radius 1 is 1.00 bits per heavy atom. The summed E-state index contributed by atoms with van der Waals surface area (Å²) in [5.74, 6) is -2.01. The van der Waals surface area contributed by atoms with Gasteiger partial charge in [-0.2, -0.15) is 0 Å². The van der Waals surface area contributed by atoms with Gasteiger partial charge in [-0.15, -0.1) is 0 Å². The molecule has 2 nitrogen and oxygen atoms in total. The van der Waals surface area contributed by atoms with Gasteiger partial charge in [0.2, 0.25) is 0 Å². The van der Waals surface area contributed by atoms with Crippen molar-refractivity contribution in [1.82, 2.24) is 0 Å². The Morgan fingerprint density at radius 3 is 2.00 bits per heavy atom. The summed E-state index contributed by atoms with van der Waals surface area (Å²) in [5, 5.41) is 0. The Bertz CT molecular complexity index is 339. The van der Waals surface area contributed by atoms with Crippen LogP contribution in [-0.4, -0.2) is 29.3 Å². The van der Waals surface area contributed by atoms with E-state index in [0.29, 0.717) is 12.0 Å². The average molecular weight is 290 g/mol. The van der Waals surface area contributed by atoms with Crippen molar-refractivity contribution in [2.24, 2.45) is 5.92 Å². The molecule has 0 bridgehead atoms. The molecule has 0 spiro atoms. The van der Waals surface area contributed by atoms with E-state index >= 15 is 0 Å². The van der Waals surface area contributed by atoms with Crippen LogP contribution in [0, 0.1) is 5.92 Å². The third-order valence-electron chi connectivity index (χ3n) is 4.14. The molecule has 2 saturated carbocycles. The molecule has 2 aliphatic rings. The zero-order chi connectivity index (χ0) is 15.2. The van der Waals surface area contributed by atoms with Crippen LogP contribution in [0.5, 0.6) is 0 Å². The Kier molecular flexibility index (Phi) is 4.20. The minimum atomic E-state index is -2.50. The fraction of sp³-hybridized carbons (Fsp3) is 1.00. The van der Waals surface area contributed by atoms with Crippen molar-refractivity contribution in [3.8, 4) is 0 Å². The molecule has 2 aliphatic carbocycles. The fourth-order valence-electron chi connectivity index (χ4n) is 3.20. The van der Waals surface area contributed by atoms with E-state index in [2.05, 4.69) is 20.8 Å². The molecule has 0 radical (unpaired) electrons. The van der Waals surface area contributed by atoms with Gasteiger partial charge in [-0.1, -0.05) is 0 Å². The molecule has 2 rings (SSSR count). The molecule has 4 heteroatoms.